The van der Waals surface area contributed by atoms with Crippen molar-refractivity contribution in [2.75, 3.05) is 10.6 Å². The van der Waals surface area contributed by atoms with Crippen LogP contribution in [-0.4, -0.2) is 42.0 Å². The summed E-state index contributed by atoms with van der Waals surface area (Å²) in [7, 11) is 0. The van der Waals surface area contributed by atoms with Gasteiger partial charge in [-0.2, -0.15) is 0 Å². The number of fused-ring (bicyclic) bond motifs is 4. The van der Waals surface area contributed by atoms with Gasteiger partial charge in [0.25, 0.3) is 5.91 Å². The monoisotopic (exact) mass is 645 g/mol. The van der Waals surface area contributed by atoms with Gasteiger partial charge in [0.2, 0.25) is 11.0 Å². The summed E-state index contributed by atoms with van der Waals surface area (Å²) in [5, 5.41) is 26.0. The second-order valence-corrected chi connectivity index (χ2v) is 12.0. The van der Waals surface area contributed by atoms with E-state index in [-0.39, 0.29) is 28.2 Å². The van der Waals surface area contributed by atoms with E-state index >= 15 is 0 Å². The fraction of sp³-hybridized carbons (Fsp3) is 0.258. The number of anilines is 3. The predicted octanol–water partition coefficient (Wildman–Crippen LogP) is 6.65. The Hall–Kier alpha value is -4.75. The summed E-state index contributed by atoms with van der Waals surface area (Å²) in [6.45, 7) is 3.56. The number of amides is 2. The molecule has 0 unspecified atom stereocenters. The molecule has 0 radical (unpaired) electrons. The third-order valence-electron chi connectivity index (χ3n) is 7.74. The van der Waals surface area contributed by atoms with Crippen LogP contribution in [0.4, 0.5) is 20.9 Å². The molecule has 6 rings (SSSR count). The van der Waals surface area contributed by atoms with Crippen molar-refractivity contribution >= 4 is 51.3 Å². The van der Waals surface area contributed by atoms with Crippen molar-refractivity contribution in [1.82, 2.24) is 35.5 Å². The van der Waals surface area contributed by atoms with E-state index < -0.39 is 17.8 Å². The molecule has 11 nitrogen and oxygen atoms in total. The zero-order valence-corrected chi connectivity index (χ0v) is 26.0. The van der Waals surface area contributed by atoms with Gasteiger partial charge in [-0.25, -0.2) is 9.07 Å². The quantitative estimate of drug-likeness (QED) is 0.193. The van der Waals surface area contributed by atoms with E-state index in [9.17, 15) is 14.0 Å². The minimum Gasteiger partial charge on any atom is -0.342 e. The molecular weight excluding hydrogens is 617 g/mol. The lowest BCUT2D eigenvalue weighted by Crippen LogP contribution is -2.30. The molecule has 45 heavy (non-hydrogen) atoms. The molecular formula is C31H29ClFN9O2S. The molecule has 1 aliphatic rings. The number of halogens is 2. The molecule has 2 atom stereocenters. The van der Waals surface area contributed by atoms with Gasteiger partial charge in [-0.15, -0.1) is 15.3 Å². The molecule has 0 spiro atoms. The average Bonchev–Trinajstić information content (AvgIpc) is 3.69. The lowest BCUT2D eigenvalue weighted by Gasteiger charge is -2.19. The number of benzene rings is 2. The van der Waals surface area contributed by atoms with Gasteiger partial charge in [-0.05, 0) is 61.7 Å². The van der Waals surface area contributed by atoms with Gasteiger partial charge in [-0.3, -0.25) is 14.6 Å². The van der Waals surface area contributed by atoms with E-state index in [1.54, 1.807) is 24.7 Å². The first-order valence-corrected chi connectivity index (χ1v) is 15.7. The second-order valence-electron chi connectivity index (χ2n) is 10.8. The normalized spacial score (nSPS) is 16.8. The highest BCUT2D eigenvalue weighted by Gasteiger charge is 2.25. The number of carbonyl (C=O) groups is 2. The Morgan fingerprint density at radius 1 is 1.13 bits per heavy atom. The van der Waals surface area contributed by atoms with Crippen molar-refractivity contribution in [2.24, 2.45) is 5.92 Å². The Kier molecular flexibility index (Phi) is 8.80. The Labute approximate surface area is 267 Å². The van der Waals surface area contributed by atoms with Crippen LogP contribution in [0.15, 0.2) is 60.2 Å². The van der Waals surface area contributed by atoms with Crippen LogP contribution in [0.3, 0.4) is 0 Å². The van der Waals surface area contributed by atoms with Gasteiger partial charge in [-0.1, -0.05) is 60.0 Å². The van der Waals surface area contributed by atoms with Crippen LogP contribution in [-0.2, 0) is 4.79 Å². The summed E-state index contributed by atoms with van der Waals surface area (Å²) >= 11 is 7.34. The first-order chi connectivity index (χ1) is 21.8. The molecule has 2 amide bonds. The van der Waals surface area contributed by atoms with Crippen molar-refractivity contribution in [3.63, 3.8) is 0 Å². The summed E-state index contributed by atoms with van der Waals surface area (Å²) in [4.78, 5) is 31.4. The van der Waals surface area contributed by atoms with E-state index in [0.717, 1.165) is 29.7 Å². The van der Waals surface area contributed by atoms with Crippen molar-refractivity contribution in [3.8, 4) is 16.8 Å². The van der Waals surface area contributed by atoms with Crippen LogP contribution >= 0.6 is 22.9 Å². The maximum atomic E-state index is 14.7. The summed E-state index contributed by atoms with van der Waals surface area (Å²) in [6.07, 6.45) is 4.47. The zero-order chi connectivity index (χ0) is 31.5. The third-order valence-corrected chi connectivity index (χ3v) is 8.64. The Balaban J connectivity index is 1.32. The first-order valence-electron chi connectivity index (χ1n) is 14.4. The van der Waals surface area contributed by atoms with Gasteiger partial charge in [0.15, 0.2) is 11.5 Å². The van der Waals surface area contributed by atoms with Crippen LogP contribution in [0.25, 0.3) is 16.8 Å². The molecule has 0 fully saturated rings. The number of rotatable bonds is 5. The second kappa shape index (κ2) is 13.1. The van der Waals surface area contributed by atoms with Gasteiger partial charge in [0.1, 0.15) is 11.2 Å². The molecule has 14 heteroatoms. The number of aromatic nitrogens is 6. The number of hydrogen-bond donors (Lipinski definition) is 3. The number of carbonyl (C=O) groups excluding carboxylic acids is 2. The predicted molar refractivity (Wildman–Crippen MR) is 170 cm³/mol. The van der Waals surface area contributed by atoms with E-state index in [1.165, 1.54) is 28.2 Å². The molecule has 2 bridgehead atoms. The van der Waals surface area contributed by atoms with Crippen LogP contribution in [0.5, 0.6) is 0 Å². The molecule has 3 N–H and O–H groups in total. The van der Waals surface area contributed by atoms with Crippen LogP contribution in [0.1, 0.15) is 60.5 Å². The van der Waals surface area contributed by atoms with Crippen molar-refractivity contribution in [2.45, 2.75) is 45.6 Å². The van der Waals surface area contributed by atoms with Crippen molar-refractivity contribution in [3.05, 3.63) is 88.2 Å². The maximum Gasteiger partial charge on any atom is 0.274 e. The average molecular weight is 646 g/mol. The molecule has 5 aromatic rings. The summed E-state index contributed by atoms with van der Waals surface area (Å²) in [5.41, 5.74) is 5.84. The number of nitrogens with zero attached hydrogens (tertiary/aromatic N) is 6. The van der Waals surface area contributed by atoms with Gasteiger partial charge < -0.3 is 16.0 Å². The minimum atomic E-state index is -0.652. The van der Waals surface area contributed by atoms with Gasteiger partial charge in [0.05, 0.1) is 28.1 Å². The summed E-state index contributed by atoms with van der Waals surface area (Å²) < 4.78 is 16.0. The third kappa shape index (κ3) is 6.54. The van der Waals surface area contributed by atoms with Crippen molar-refractivity contribution < 1.29 is 14.0 Å². The molecule has 2 aromatic carbocycles. The SMILES string of the molecule is Cc1c(C(=O)N[C@H]2CCCC[C@@H](C)C(=O)Nc3cc(Nc4nncs4)ccc3-c3ccnc2c3)nnn1-c1cccc(Cl)c1F. The Morgan fingerprint density at radius 3 is 2.80 bits per heavy atom. The van der Waals surface area contributed by atoms with Crippen LogP contribution < -0.4 is 16.0 Å². The highest BCUT2D eigenvalue weighted by Crippen LogP contribution is 2.34. The maximum absolute atomic E-state index is 14.7. The Bertz CT molecular complexity index is 1860. The molecule has 0 saturated carbocycles. The molecule has 4 heterocycles. The van der Waals surface area contributed by atoms with Crippen LogP contribution in [0, 0.1) is 18.7 Å². The largest absolute Gasteiger partial charge is 0.342 e. The number of nitrogens with one attached hydrogen (secondary N) is 3. The minimum absolute atomic E-state index is 0.0551. The number of pyridine rings is 1. The van der Waals surface area contributed by atoms with E-state index in [2.05, 4.69) is 41.4 Å². The number of hydrogen-bond acceptors (Lipinski definition) is 9. The fourth-order valence-electron chi connectivity index (χ4n) is 5.26. The van der Waals surface area contributed by atoms with E-state index in [4.69, 9.17) is 11.6 Å². The van der Waals surface area contributed by atoms with Crippen LogP contribution in [0.2, 0.25) is 5.02 Å². The molecule has 3 aromatic heterocycles. The highest BCUT2D eigenvalue weighted by molar-refractivity contribution is 7.13. The summed E-state index contributed by atoms with van der Waals surface area (Å²) in [5.74, 6) is -1.41. The lowest BCUT2D eigenvalue weighted by molar-refractivity contribution is -0.119. The van der Waals surface area contributed by atoms with Gasteiger partial charge in [0, 0.05) is 23.4 Å². The molecule has 0 saturated heterocycles. The summed E-state index contributed by atoms with van der Waals surface area (Å²) in [6, 6.07) is 13.6. The van der Waals surface area contributed by atoms with Gasteiger partial charge >= 0.3 is 0 Å². The fourth-order valence-corrected chi connectivity index (χ4v) is 5.90. The topological polar surface area (TPSA) is 140 Å². The van der Waals surface area contributed by atoms with Crippen molar-refractivity contribution in [1.29, 1.82) is 0 Å². The molecule has 230 valence electrons. The Morgan fingerprint density at radius 2 is 1.98 bits per heavy atom. The highest BCUT2D eigenvalue weighted by atomic mass is 35.5. The van der Waals surface area contributed by atoms with E-state index in [0.29, 0.717) is 35.0 Å². The van der Waals surface area contributed by atoms with E-state index in [1.807, 2.05) is 37.3 Å². The lowest BCUT2D eigenvalue weighted by atomic mass is 9.98. The smallest absolute Gasteiger partial charge is 0.274 e. The standard InChI is InChI=1S/C31H29ClFN9O2S/c1-17-6-3-4-8-23(37-30(44)28-18(2)42(41-39-28)26-9-5-7-22(32)27(26)33)25-14-19(12-13-34-25)21-11-10-20(15-24(21)38-29(17)43)36-31-40-35-16-45-31/h5,7,9-17,23H,3-4,6,8H2,1-2H3,(H,36,40)(H,37,44)(H,38,43)/t17-,23+/m1/s1. The molecule has 1 aliphatic heterocycles. The molecule has 0 aliphatic carbocycles. The first kappa shape index (κ1) is 30.3. The zero-order valence-electron chi connectivity index (χ0n) is 24.4.